The van der Waals surface area contributed by atoms with E-state index in [4.69, 9.17) is 0 Å². The van der Waals surface area contributed by atoms with Gasteiger partial charge in [-0.15, -0.1) is 0 Å². The van der Waals surface area contributed by atoms with E-state index in [0.717, 1.165) is 0 Å². The Bertz CT molecular complexity index is 218. The molecule has 0 saturated heterocycles. The molecule has 2 aliphatic rings. The van der Waals surface area contributed by atoms with Crippen LogP contribution >= 0.6 is 0 Å². The van der Waals surface area contributed by atoms with Crippen LogP contribution in [0.2, 0.25) is 0 Å². The monoisotopic (exact) mass is 166 g/mol. The van der Waals surface area contributed by atoms with E-state index >= 15 is 0 Å². The lowest BCUT2D eigenvalue weighted by molar-refractivity contribution is -0.336. The van der Waals surface area contributed by atoms with Gasteiger partial charge in [0.05, 0.1) is 5.92 Å². The number of hydrogen-bond acceptors (Lipinski definition) is 0. The Labute approximate surface area is 60.9 Å². The van der Waals surface area contributed by atoms with Crippen LogP contribution in [-0.2, 0) is 0 Å². The minimum atomic E-state index is -3.80. The van der Waals surface area contributed by atoms with Crippen molar-refractivity contribution in [3.8, 4) is 0 Å². The quantitative estimate of drug-likeness (QED) is 0.383. The maximum Gasteiger partial charge on any atom is 0.317 e. The smallest absolute Gasteiger partial charge is 0.200 e. The largest absolute Gasteiger partial charge is 0.317 e. The van der Waals surface area contributed by atoms with Crippen molar-refractivity contribution in [3.05, 3.63) is 12.2 Å². The molecular formula is C7H6F4. The first-order valence-corrected chi connectivity index (χ1v) is 3.40. The lowest BCUT2D eigenvalue weighted by Crippen LogP contribution is -2.64. The molecular weight excluding hydrogens is 160 g/mol. The van der Waals surface area contributed by atoms with Crippen LogP contribution in [0.3, 0.4) is 0 Å². The fourth-order valence-electron chi connectivity index (χ4n) is 1.77. The molecule has 0 aromatic heterocycles. The third kappa shape index (κ3) is 0.567. The Morgan fingerprint density at radius 2 is 1.73 bits per heavy atom. The summed E-state index contributed by atoms with van der Waals surface area (Å²) in [5.74, 6) is -9.93. The van der Waals surface area contributed by atoms with E-state index in [2.05, 4.69) is 0 Å². The van der Waals surface area contributed by atoms with Crippen molar-refractivity contribution in [2.75, 3.05) is 0 Å². The van der Waals surface area contributed by atoms with Gasteiger partial charge in [-0.1, -0.05) is 12.2 Å². The summed E-state index contributed by atoms with van der Waals surface area (Å²) in [6.07, 6.45) is 2.69. The molecule has 0 nitrogen and oxygen atoms in total. The Balaban J connectivity index is 2.31. The molecule has 1 fully saturated rings. The van der Waals surface area contributed by atoms with Crippen LogP contribution < -0.4 is 0 Å². The van der Waals surface area contributed by atoms with E-state index in [9.17, 15) is 17.6 Å². The first-order valence-electron chi connectivity index (χ1n) is 3.40. The van der Waals surface area contributed by atoms with Crippen LogP contribution in [0.5, 0.6) is 0 Å². The van der Waals surface area contributed by atoms with Gasteiger partial charge in [0.2, 0.25) is 0 Å². The SMILES string of the molecule is FC1(F)C2C=CCC2C1(F)F. The zero-order chi connectivity index (χ0) is 8.28. The summed E-state index contributed by atoms with van der Waals surface area (Å²) >= 11 is 0. The van der Waals surface area contributed by atoms with E-state index in [1.54, 1.807) is 0 Å². The number of fused-ring (bicyclic) bond motifs is 1. The molecule has 0 radical (unpaired) electrons. The zero-order valence-electron chi connectivity index (χ0n) is 5.53. The number of alkyl halides is 4. The minimum Gasteiger partial charge on any atom is -0.200 e. The molecule has 0 amide bonds. The highest BCUT2D eigenvalue weighted by atomic mass is 19.3. The lowest BCUT2D eigenvalue weighted by atomic mass is 9.68. The molecule has 0 bridgehead atoms. The Kier molecular flexibility index (Phi) is 1.05. The van der Waals surface area contributed by atoms with Gasteiger partial charge in [-0.05, 0) is 6.42 Å². The van der Waals surface area contributed by atoms with E-state index in [0.29, 0.717) is 0 Å². The normalized spacial score (nSPS) is 43.3. The molecule has 2 unspecified atom stereocenters. The van der Waals surface area contributed by atoms with Gasteiger partial charge in [-0.25, -0.2) is 0 Å². The van der Waals surface area contributed by atoms with Crippen LogP contribution in [0.15, 0.2) is 12.2 Å². The molecule has 0 heterocycles. The van der Waals surface area contributed by atoms with Crippen molar-refractivity contribution in [3.63, 3.8) is 0 Å². The lowest BCUT2D eigenvalue weighted by Gasteiger charge is -2.47. The molecule has 0 aromatic carbocycles. The molecule has 4 heteroatoms. The van der Waals surface area contributed by atoms with Gasteiger partial charge in [-0.3, -0.25) is 0 Å². The fourth-order valence-corrected chi connectivity index (χ4v) is 1.77. The molecule has 1 saturated carbocycles. The maximum atomic E-state index is 12.5. The minimum absolute atomic E-state index is 0.0905. The van der Waals surface area contributed by atoms with E-state index in [1.165, 1.54) is 12.2 Å². The van der Waals surface area contributed by atoms with Crippen molar-refractivity contribution in [1.82, 2.24) is 0 Å². The summed E-state index contributed by atoms with van der Waals surface area (Å²) in [5, 5.41) is 0. The molecule has 0 aliphatic heterocycles. The standard InChI is InChI=1S/C7H6F4/c8-6(9)4-2-1-3-5(4)7(6,10)11/h1-2,4-5H,3H2. The van der Waals surface area contributed by atoms with Crippen LogP contribution in [0, 0.1) is 11.8 Å². The summed E-state index contributed by atoms with van der Waals surface area (Å²) in [5.41, 5.74) is 0. The third-order valence-electron chi connectivity index (χ3n) is 2.50. The predicted molar refractivity (Wildman–Crippen MR) is 30.6 cm³/mol. The van der Waals surface area contributed by atoms with Gasteiger partial charge in [0.25, 0.3) is 0 Å². The van der Waals surface area contributed by atoms with Crippen molar-refractivity contribution < 1.29 is 17.6 Å². The molecule has 0 spiro atoms. The number of halogens is 4. The van der Waals surface area contributed by atoms with Crippen molar-refractivity contribution >= 4 is 0 Å². The van der Waals surface area contributed by atoms with Crippen LogP contribution in [0.25, 0.3) is 0 Å². The molecule has 2 rings (SSSR count). The molecule has 2 atom stereocenters. The Morgan fingerprint density at radius 3 is 2.27 bits per heavy atom. The highest BCUT2D eigenvalue weighted by molar-refractivity contribution is 5.22. The second-order valence-corrected chi connectivity index (χ2v) is 3.04. The van der Waals surface area contributed by atoms with E-state index < -0.39 is 23.7 Å². The molecule has 2 aliphatic carbocycles. The highest BCUT2D eigenvalue weighted by Gasteiger charge is 2.77. The average molecular weight is 166 g/mol. The number of hydrogen-bond donors (Lipinski definition) is 0. The van der Waals surface area contributed by atoms with Gasteiger partial charge < -0.3 is 0 Å². The van der Waals surface area contributed by atoms with Gasteiger partial charge in [0.15, 0.2) is 0 Å². The average Bonchev–Trinajstić information content (AvgIpc) is 2.32. The van der Waals surface area contributed by atoms with Crippen molar-refractivity contribution in [1.29, 1.82) is 0 Å². The second kappa shape index (κ2) is 1.62. The van der Waals surface area contributed by atoms with Crippen LogP contribution in [0.1, 0.15) is 6.42 Å². The predicted octanol–water partition coefficient (Wildman–Crippen LogP) is 2.46. The van der Waals surface area contributed by atoms with Crippen LogP contribution in [-0.4, -0.2) is 11.8 Å². The van der Waals surface area contributed by atoms with E-state index in [1.807, 2.05) is 0 Å². The third-order valence-corrected chi connectivity index (χ3v) is 2.50. The summed E-state index contributed by atoms with van der Waals surface area (Å²) in [6, 6.07) is 0. The summed E-state index contributed by atoms with van der Waals surface area (Å²) in [4.78, 5) is 0. The van der Waals surface area contributed by atoms with Crippen molar-refractivity contribution in [2.24, 2.45) is 11.8 Å². The first-order chi connectivity index (χ1) is 4.98. The van der Waals surface area contributed by atoms with E-state index in [-0.39, 0.29) is 6.42 Å². The summed E-state index contributed by atoms with van der Waals surface area (Å²) in [6.45, 7) is 0. The Hall–Kier alpha value is -0.540. The Morgan fingerprint density at radius 1 is 1.09 bits per heavy atom. The molecule has 0 N–H and O–H groups in total. The molecule has 62 valence electrons. The first kappa shape index (κ1) is 7.13. The molecule has 11 heavy (non-hydrogen) atoms. The summed E-state index contributed by atoms with van der Waals surface area (Å²) < 4.78 is 49.9. The number of allylic oxidation sites excluding steroid dienone is 2. The van der Waals surface area contributed by atoms with Gasteiger partial charge in [-0.2, -0.15) is 17.6 Å². The zero-order valence-corrected chi connectivity index (χ0v) is 5.53. The molecule has 0 aromatic rings. The van der Waals surface area contributed by atoms with Gasteiger partial charge >= 0.3 is 11.8 Å². The summed E-state index contributed by atoms with van der Waals surface area (Å²) in [7, 11) is 0. The topological polar surface area (TPSA) is 0 Å². The van der Waals surface area contributed by atoms with Gasteiger partial charge in [0.1, 0.15) is 0 Å². The second-order valence-electron chi connectivity index (χ2n) is 3.04. The van der Waals surface area contributed by atoms with Gasteiger partial charge in [0, 0.05) is 5.92 Å². The highest BCUT2D eigenvalue weighted by Crippen LogP contribution is 2.63. The number of rotatable bonds is 0. The fraction of sp³-hybridized carbons (Fsp3) is 0.714. The maximum absolute atomic E-state index is 12.5. The van der Waals surface area contributed by atoms with Crippen molar-refractivity contribution in [2.45, 2.75) is 18.3 Å². The van der Waals surface area contributed by atoms with Crippen LogP contribution in [0.4, 0.5) is 17.6 Å².